The summed E-state index contributed by atoms with van der Waals surface area (Å²) in [4.78, 5) is 24.1. The number of amides is 1. The molecule has 0 atom stereocenters. The average molecular weight is 250 g/mol. The highest BCUT2D eigenvalue weighted by molar-refractivity contribution is 5.90. The van der Waals surface area contributed by atoms with E-state index in [1.165, 1.54) is 0 Å². The molecule has 1 saturated heterocycles. The number of carbonyl (C=O) groups excluding carboxylic acids is 1. The van der Waals surface area contributed by atoms with Crippen molar-refractivity contribution in [2.45, 2.75) is 19.4 Å². The minimum absolute atomic E-state index is 0.0784. The molecule has 0 bridgehead atoms. The summed E-state index contributed by atoms with van der Waals surface area (Å²) in [5, 5.41) is 0. The fourth-order valence-electron chi connectivity index (χ4n) is 2.18. The molecule has 0 spiro atoms. The predicted molar refractivity (Wildman–Crippen MR) is 68.9 cm³/mol. The number of anilines is 2. The van der Waals surface area contributed by atoms with E-state index in [0.717, 1.165) is 6.54 Å². The highest BCUT2D eigenvalue weighted by atomic mass is 16.2. The second kappa shape index (κ2) is 4.41. The van der Waals surface area contributed by atoms with Crippen LogP contribution in [0.25, 0.3) is 0 Å². The van der Waals surface area contributed by atoms with Crippen molar-refractivity contribution in [2.24, 2.45) is 5.84 Å². The van der Waals surface area contributed by atoms with Crippen LogP contribution in [0.5, 0.6) is 0 Å². The monoisotopic (exact) mass is 250 g/mol. The summed E-state index contributed by atoms with van der Waals surface area (Å²) in [6.07, 6.45) is 1.62. The Hall–Kier alpha value is -1.89. The fraction of sp³-hybridized carbons (Fsp3) is 0.545. The number of likely N-dealkylation sites (N-methyl/N-ethyl adjacent to an activating group) is 1. The minimum Gasteiger partial charge on any atom is -0.342 e. The molecule has 7 heteroatoms. The number of piperazine rings is 1. The molecule has 1 aliphatic heterocycles. The second-order valence-electron chi connectivity index (χ2n) is 4.82. The molecule has 1 fully saturated rings. The molecule has 7 nitrogen and oxygen atoms in total. The number of nitrogens with zero attached hydrogens (tertiary/aromatic N) is 4. The van der Waals surface area contributed by atoms with Crippen LogP contribution in [-0.4, -0.2) is 46.5 Å². The van der Waals surface area contributed by atoms with Gasteiger partial charge in [-0.05, 0) is 19.9 Å². The van der Waals surface area contributed by atoms with Crippen molar-refractivity contribution >= 4 is 17.7 Å². The maximum absolute atomic E-state index is 12.2. The number of nitrogen functional groups attached to an aromatic ring is 1. The molecule has 0 aromatic carbocycles. The average Bonchev–Trinajstić information content (AvgIpc) is 2.36. The normalized spacial score (nSPS) is 19.0. The topological polar surface area (TPSA) is 87.4 Å². The minimum atomic E-state index is -0.618. The Balaban J connectivity index is 2.34. The van der Waals surface area contributed by atoms with Gasteiger partial charge in [0, 0.05) is 26.3 Å². The molecule has 0 aliphatic carbocycles. The summed E-state index contributed by atoms with van der Waals surface area (Å²) < 4.78 is 0. The van der Waals surface area contributed by atoms with Crippen molar-refractivity contribution in [3.05, 3.63) is 12.3 Å². The Labute approximate surface area is 106 Å². The van der Waals surface area contributed by atoms with Crippen LogP contribution in [0.2, 0.25) is 0 Å². The lowest BCUT2D eigenvalue weighted by molar-refractivity contribution is -0.136. The van der Waals surface area contributed by atoms with Crippen molar-refractivity contribution in [2.75, 3.05) is 30.5 Å². The number of rotatable bonds is 2. The van der Waals surface area contributed by atoms with E-state index in [1.807, 2.05) is 25.8 Å². The molecule has 18 heavy (non-hydrogen) atoms. The number of hydrogen-bond donors (Lipinski definition) is 2. The SMILES string of the molecule is CN1CCN(c2ccnc(NN)n2)C(C)(C)C1=O. The highest BCUT2D eigenvalue weighted by Gasteiger charge is 2.41. The summed E-state index contributed by atoms with van der Waals surface area (Å²) in [5.41, 5.74) is 1.79. The van der Waals surface area contributed by atoms with Gasteiger partial charge in [0.25, 0.3) is 0 Å². The van der Waals surface area contributed by atoms with E-state index in [1.54, 1.807) is 17.2 Å². The van der Waals surface area contributed by atoms with Crippen molar-refractivity contribution < 1.29 is 4.79 Å². The smallest absolute Gasteiger partial charge is 0.247 e. The Morgan fingerprint density at radius 1 is 1.44 bits per heavy atom. The number of carbonyl (C=O) groups is 1. The summed E-state index contributed by atoms with van der Waals surface area (Å²) in [6, 6.07) is 1.78. The first-order valence-electron chi connectivity index (χ1n) is 5.79. The van der Waals surface area contributed by atoms with Gasteiger partial charge in [0.05, 0.1) is 0 Å². The van der Waals surface area contributed by atoms with Gasteiger partial charge >= 0.3 is 0 Å². The molecular weight excluding hydrogens is 232 g/mol. The predicted octanol–water partition coefficient (Wildman–Crippen LogP) is -0.181. The van der Waals surface area contributed by atoms with Gasteiger partial charge in [-0.15, -0.1) is 0 Å². The molecule has 0 saturated carbocycles. The van der Waals surface area contributed by atoms with Crippen molar-refractivity contribution in [1.82, 2.24) is 14.9 Å². The van der Waals surface area contributed by atoms with Crippen molar-refractivity contribution in [3.63, 3.8) is 0 Å². The third-order valence-electron chi connectivity index (χ3n) is 3.25. The van der Waals surface area contributed by atoms with Gasteiger partial charge in [0.2, 0.25) is 11.9 Å². The van der Waals surface area contributed by atoms with Crippen LogP contribution in [0, 0.1) is 0 Å². The van der Waals surface area contributed by atoms with Gasteiger partial charge in [-0.2, -0.15) is 4.98 Å². The first-order chi connectivity index (χ1) is 8.46. The summed E-state index contributed by atoms with van der Waals surface area (Å²) in [7, 11) is 1.81. The zero-order valence-electron chi connectivity index (χ0n) is 10.8. The number of nitrogens with two attached hydrogens (primary N) is 1. The third kappa shape index (κ3) is 1.97. The van der Waals surface area contributed by atoms with E-state index in [-0.39, 0.29) is 5.91 Å². The van der Waals surface area contributed by atoms with Gasteiger partial charge in [-0.1, -0.05) is 0 Å². The molecule has 1 aromatic rings. The molecule has 1 amide bonds. The largest absolute Gasteiger partial charge is 0.342 e. The van der Waals surface area contributed by atoms with E-state index in [4.69, 9.17) is 5.84 Å². The van der Waals surface area contributed by atoms with Gasteiger partial charge in [-0.25, -0.2) is 10.8 Å². The van der Waals surface area contributed by atoms with E-state index < -0.39 is 5.54 Å². The quantitative estimate of drug-likeness (QED) is 0.559. The zero-order chi connectivity index (χ0) is 13.3. The van der Waals surface area contributed by atoms with Gasteiger partial charge < -0.3 is 9.80 Å². The van der Waals surface area contributed by atoms with Gasteiger partial charge in [-0.3, -0.25) is 10.2 Å². The Morgan fingerprint density at radius 3 is 2.83 bits per heavy atom. The number of hydrazine groups is 1. The molecule has 1 aliphatic rings. The molecule has 2 heterocycles. The van der Waals surface area contributed by atoms with E-state index in [2.05, 4.69) is 15.4 Å². The zero-order valence-corrected chi connectivity index (χ0v) is 10.8. The number of aromatic nitrogens is 2. The van der Waals surface area contributed by atoms with Crippen molar-refractivity contribution in [3.8, 4) is 0 Å². The lowest BCUT2D eigenvalue weighted by Gasteiger charge is -2.45. The van der Waals surface area contributed by atoms with Gasteiger partial charge in [0.15, 0.2) is 0 Å². The van der Waals surface area contributed by atoms with Crippen LogP contribution in [0.3, 0.4) is 0 Å². The third-order valence-corrected chi connectivity index (χ3v) is 3.25. The van der Waals surface area contributed by atoms with Gasteiger partial charge in [0.1, 0.15) is 11.4 Å². The van der Waals surface area contributed by atoms with Crippen LogP contribution >= 0.6 is 0 Å². The summed E-state index contributed by atoms with van der Waals surface area (Å²) in [6.45, 7) is 5.19. The fourth-order valence-corrected chi connectivity index (χ4v) is 2.18. The van der Waals surface area contributed by atoms with E-state index >= 15 is 0 Å². The standard InChI is InChI=1S/C11H18N6O/c1-11(2)9(18)16(3)6-7-17(11)8-4-5-13-10(14-8)15-12/h4-5H,6-7,12H2,1-3H3,(H,13,14,15). The molecule has 0 unspecified atom stereocenters. The van der Waals surface area contributed by atoms with Crippen LogP contribution in [0.1, 0.15) is 13.8 Å². The second-order valence-corrected chi connectivity index (χ2v) is 4.82. The Bertz CT molecular complexity index is 461. The molecule has 98 valence electrons. The first kappa shape index (κ1) is 12.6. The molecule has 2 rings (SSSR count). The highest BCUT2D eigenvalue weighted by Crippen LogP contribution is 2.27. The Morgan fingerprint density at radius 2 is 2.17 bits per heavy atom. The molecule has 3 N–H and O–H groups in total. The van der Waals surface area contributed by atoms with Crippen molar-refractivity contribution in [1.29, 1.82) is 0 Å². The lowest BCUT2D eigenvalue weighted by atomic mass is 9.98. The molecule has 0 radical (unpaired) electrons. The molecule has 1 aromatic heterocycles. The maximum Gasteiger partial charge on any atom is 0.247 e. The van der Waals surface area contributed by atoms with E-state index in [0.29, 0.717) is 18.3 Å². The lowest BCUT2D eigenvalue weighted by Crippen LogP contribution is -2.62. The van der Waals surface area contributed by atoms with Crippen LogP contribution in [0.15, 0.2) is 12.3 Å². The maximum atomic E-state index is 12.2. The Kier molecular flexibility index (Phi) is 3.08. The molecular formula is C11H18N6O. The van der Waals surface area contributed by atoms with Crippen LogP contribution in [0.4, 0.5) is 11.8 Å². The van der Waals surface area contributed by atoms with E-state index in [9.17, 15) is 4.79 Å². The van der Waals surface area contributed by atoms with Crippen LogP contribution < -0.4 is 16.2 Å². The van der Waals surface area contributed by atoms with Crippen LogP contribution in [-0.2, 0) is 4.79 Å². The summed E-state index contributed by atoms with van der Waals surface area (Å²) >= 11 is 0. The summed E-state index contributed by atoms with van der Waals surface area (Å²) in [5.74, 6) is 6.42. The number of nitrogens with one attached hydrogen (secondary N) is 1. The number of hydrogen-bond acceptors (Lipinski definition) is 6. The first-order valence-corrected chi connectivity index (χ1v) is 5.79.